The third-order valence-corrected chi connectivity index (χ3v) is 4.10. The predicted molar refractivity (Wildman–Crippen MR) is 58.0 cm³/mol. The summed E-state index contributed by atoms with van der Waals surface area (Å²) in [6, 6.07) is 0. The van der Waals surface area contributed by atoms with Crippen molar-refractivity contribution in [1.29, 1.82) is 0 Å². The number of carbonyl (C=O) groups is 1. The first-order chi connectivity index (χ1) is 7.54. The molecule has 0 amide bonds. The lowest BCUT2D eigenvalue weighted by Crippen LogP contribution is -2.39. The van der Waals surface area contributed by atoms with Crippen LogP contribution in [0.4, 0.5) is 0 Å². The van der Waals surface area contributed by atoms with E-state index in [2.05, 4.69) is 6.92 Å². The van der Waals surface area contributed by atoms with Gasteiger partial charge >= 0.3 is 5.97 Å². The second kappa shape index (κ2) is 3.70. The van der Waals surface area contributed by atoms with Gasteiger partial charge in [0, 0.05) is 5.92 Å². The fourth-order valence-electron chi connectivity index (χ4n) is 2.78. The molecule has 16 heavy (non-hydrogen) atoms. The number of esters is 1. The SMILES string of the molecule is CCOC(=O)C1(CC)OC12COC(C)C2C. The van der Waals surface area contributed by atoms with E-state index in [9.17, 15) is 4.79 Å². The van der Waals surface area contributed by atoms with Gasteiger partial charge in [-0.05, 0) is 20.3 Å². The van der Waals surface area contributed by atoms with E-state index in [0.717, 1.165) is 0 Å². The molecule has 0 aromatic heterocycles. The zero-order valence-electron chi connectivity index (χ0n) is 10.4. The Morgan fingerprint density at radius 2 is 2.12 bits per heavy atom. The summed E-state index contributed by atoms with van der Waals surface area (Å²) in [5, 5.41) is 0. The van der Waals surface area contributed by atoms with Gasteiger partial charge in [0.25, 0.3) is 0 Å². The normalized spacial score (nSPS) is 46.0. The lowest BCUT2D eigenvalue weighted by Gasteiger charge is -2.16. The molecule has 4 heteroatoms. The molecule has 2 rings (SSSR count). The lowest BCUT2D eigenvalue weighted by molar-refractivity contribution is -0.149. The van der Waals surface area contributed by atoms with Crippen molar-refractivity contribution in [1.82, 2.24) is 0 Å². The maximum atomic E-state index is 12.0. The van der Waals surface area contributed by atoms with Gasteiger partial charge in [-0.3, -0.25) is 0 Å². The summed E-state index contributed by atoms with van der Waals surface area (Å²) in [5.74, 6) is -0.00101. The number of hydrogen-bond acceptors (Lipinski definition) is 4. The second-order valence-corrected chi connectivity index (χ2v) is 4.70. The molecule has 2 saturated heterocycles. The van der Waals surface area contributed by atoms with Crippen LogP contribution in [0.2, 0.25) is 0 Å². The third-order valence-electron chi connectivity index (χ3n) is 4.10. The molecule has 92 valence electrons. The van der Waals surface area contributed by atoms with E-state index in [1.807, 2.05) is 20.8 Å². The first-order valence-electron chi connectivity index (χ1n) is 6.03. The second-order valence-electron chi connectivity index (χ2n) is 4.70. The Bertz CT molecular complexity index is 303. The molecule has 2 aliphatic heterocycles. The van der Waals surface area contributed by atoms with Crippen molar-refractivity contribution in [2.75, 3.05) is 13.2 Å². The molecule has 4 unspecified atom stereocenters. The molecule has 0 radical (unpaired) electrons. The summed E-state index contributed by atoms with van der Waals surface area (Å²) in [7, 11) is 0. The molecular weight excluding hydrogens is 208 g/mol. The van der Waals surface area contributed by atoms with Crippen LogP contribution in [0.3, 0.4) is 0 Å². The van der Waals surface area contributed by atoms with Gasteiger partial charge in [-0.15, -0.1) is 0 Å². The highest BCUT2D eigenvalue weighted by atomic mass is 16.7. The average molecular weight is 228 g/mol. The van der Waals surface area contributed by atoms with E-state index in [0.29, 0.717) is 19.6 Å². The largest absolute Gasteiger partial charge is 0.464 e. The Morgan fingerprint density at radius 3 is 2.56 bits per heavy atom. The highest BCUT2D eigenvalue weighted by molar-refractivity contribution is 5.85. The Morgan fingerprint density at radius 1 is 1.44 bits per heavy atom. The number of epoxide rings is 1. The Kier molecular flexibility index (Phi) is 2.75. The minimum atomic E-state index is -0.757. The van der Waals surface area contributed by atoms with Crippen molar-refractivity contribution in [2.45, 2.75) is 51.4 Å². The summed E-state index contributed by atoms with van der Waals surface area (Å²) in [6.45, 7) is 8.77. The fraction of sp³-hybridized carbons (Fsp3) is 0.917. The minimum absolute atomic E-state index is 0.142. The quantitative estimate of drug-likeness (QED) is 0.543. The zero-order chi connectivity index (χ0) is 12.0. The van der Waals surface area contributed by atoms with Crippen LogP contribution in [0, 0.1) is 5.92 Å². The van der Waals surface area contributed by atoms with E-state index < -0.39 is 11.2 Å². The fourth-order valence-corrected chi connectivity index (χ4v) is 2.78. The van der Waals surface area contributed by atoms with Crippen molar-refractivity contribution in [3.63, 3.8) is 0 Å². The molecule has 2 aliphatic rings. The van der Waals surface area contributed by atoms with Gasteiger partial charge in [0.15, 0.2) is 5.60 Å². The summed E-state index contributed by atoms with van der Waals surface area (Å²) in [5.41, 5.74) is -1.19. The minimum Gasteiger partial charge on any atom is -0.464 e. The number of hydrogen-bond donors (Lipinski definition) is 0. The Hall–Kier alpha value is -0.610. The van der Waals surface area contributed by atoms with Crippen molar-refractivity contribution >= 4 is 5.97 Å². The van der Waals surface area contributed by atoms with Gasteiger partial charge in [0.1, 0.15) is 5.60 Å². The molecule has 2 fully saturated rings. The monoisotopic (exact) mass is 228 g/mol. The van der Waals surface area contributed by atoms with Crippen LogP contribution < -0.4 is 0 Å². The van der Waals surface area contributed by atoms with Crippen molar-refractivity contribution in [3.8, 4) is 0 Å². The van der Waals surface area contributed by atoms with Crippen molar-refractivity contribution in [3.05, 3.63) is 0 Å². The molecule has 2 heterocycles. The maximum absolute atomic E-state index is 12.0. The predicted octanol–water partition coefficient (Wildman–Crippen LogP) is 1.52. The van der Waals surface area contributed by atoms with Crippen molar-refractivity contribution in [2.24, 2.45) is 5.92 Å². The van der Waals surface area contributed by atoms with E-state index >= 15 is 0 Å². The molecule has 0 bridgehead atoms. The van der Waals surface area contributed by atoms with Gasteiger partial charge in [0.2, 0.25) is 0 Å². The molecular formula is C12H20O4. The topological polar surface area (TPSA) is 48.1 Å². The Balaban J connectivity index is 2.19. The highest BCUT2D eigenvalue weighted by Gasteiger charge is 2.79. The van der Waals surface area contributed by atoms with Crippen LogP contribution in [0.5, 0.6) is 0 Å². The van der Waals surface area contributed by atoms with Gasteiger partial charge in [-0.25, -0.2) is 4.79 Å². The van der Waals surface area contributed by atoms with Gasteiger partial charge in [-0.2, -0.15) is 0 Å². The van der Waals surface area contributed by atoms with Crippen LogP contribution in [-0.2, 0) is 19.0 Å². The van der Waals surface area contributed by atoms with Gasteiger partial charge < -0.3 is 14.2 Å². The summed E-state index contributed by atoms with van der Waals surface area (Å²) < 4.78 is 16.5. The molecule has 4 nitrogen and oxygen atoms in total. The van der Waals surface area contributed by atoms with Crippen LogP contribution in [0.15, 0.2) is 0 Å². The van der Waals surface area contributed by atoms with E-state index in [1.54, 1.807) is 0 Å². The average Bonchev–Trinajstić information content (AvgIpc) is 2.88. The third kappa shape index (κ3) is 1.26. The number of ether oxygens (including phenoxy) is 3. The van der Waals surface area contributed by atoms with Crippen molar-refractivity contribution < 1.29 is 19.0 Å². The van der Waals surface area contributed by atoms with Crippen LogP contribution >= 0.6 is 0 Å². The van der Waals surface area contributed by atoms with E-state index in [-0.39, 0.29) is 18.0 Å². The zero-order valence-corrected chi connectivity index (χ0v) is 10.4. The Labute approximate surface area is 96.2 Å². The molecule has 0 aliphatic carbocycles. The molecule has 4 atom stereocenters. The van der Waals surface area contributed by atoms with Crippen LogP contribution in [0.25, 0.3) is 0 Å². The molecule has 0 N–H and O–H groups in total. The van der Waals surface area contributed by atoms with Gasteiger partial charge in [-0.1, -0.05) is 13.8 Å². The van der Waals surface area contributed by atoms with Crippen LogP contribution in [-0.4, -0.2) is 36.5 Å². The number of rotatable bonds is 3. The summed E-state index contributed by atoms with van der Waals surface area (Å²) in [4.78, 5) is 12.0. The highest BCUT2D eigenvalue weighted by Crippen LogP contribution is 2.59. The standard InChI is InChI=1S/C12H20O4/c1-5-11(10(13)14-6-2)12(16-11)7-15-9(4)8(12)3/h8-9H,5-7H2,1-4H3. The lowest BCUT2D eigenvalue weighted by atomic mass is 9.81. The van der Waals surface area contributed by atoms with Crippen LogP contribution in [0.1, 0.15) is 34.1 Å². The molecule has 0 saturated carbocycles. The summed E-state index contributed by atoms with van der Waals surface area (Å²) in [6.07, 6.45) is 0.787. The maximum Gasteiger partial charge on any atom is 0.341 e. The van der Waals surface area contributed by atoms with E-state index in [1.165, 1.54) is 0 Å². The first-order valence-corrected chi connectivity index (χ1v) is 6.03. The smallest absolute Gasteiger partial charge is 0.341 e. The number of carbonyl (C=O) groups excluding carboxylic acids is 1. The molecule has 1 spiro atoms. The molecule has 0 aromatic carbocycles. The van der Waals surface area contributed by atoms with E-state index in [4.69, 9.17) is 14.2 Å². The first kappa shape index (κ1) is 11.9. The summed E-state index contributed by atoms with van der Waals surface area (Å²) >= 11 is 0. The van der Waals surface area contributed by atoms with Gasteiger partial charge in [0.05, 0.1) is 19.3 Å². The molecule has 0 aromatic rings.